The Balaban J connectivity index is -0.000000179. The van der Waals surface area contributed by atoms with Crippen LogP contribution < -0.4 is 0 Å². The Bertz CT molecular complexity index is 252. The van der Waals surface area contributed by atoms with Crippen molar-refractivity contribution in [3.63, 3.8) is 0 Å². The van der Waals surface area contributed by atoms with Gasteiger partial charge in [0.1, 0.15) is 0 Å². The number of rotatable bonds is 0. The van der Waals surface area contributed by atoms with Gasteiger partial charge in [-0.05, 0) is 0 Å². The number of hydrogen-bond donors (Lipinski definition) is 0. The van der Waals surface area contributed by atoms with Crippen LogP contribution in [-0.4, -0.2) is 6.88 Å². The van der Waals surface area contributed by atoms with Crippen LogP contribution in [0.2, 0.25) is 0 Å². The first-order valence-corrected chi connectivity index (χ1v) is 9.91. The van der Waals surface area contributed by atoms with E-state index in [1.54, 1.807) is 0 Å². The number of hydrogen-bond acceptors (Lipinski definition) is 0. The normalized spacial score (nSPS) is 13.5. The second-order valence-electron chi connectivity index (χ2n) is 3.43. The summed E-state index contributed by atoms with van der Waals surface area (Å²) in [6.07, 6.45) is 17.7. The van der Waals surface area contributed by atoms with Gasteiger partial charge in [0, 0.05) is 0 Å². The van der Waals surface area contributed by atoms with Crippen LogP contribution in [0.4, 0.5) is 0 Å². The SMILES string of the molecule is CC1=[C-]CC=C1.CC1=[C-]CC=C1.[CH2-]CC.[CH3-].[Si]=[Zr]. The van der Waals surface area contributed by atoms with Gasteiger partial charge in [0.25, 0.3) is 0 Å². The molecule has 2 heteroatoms. The van der Waals surface area contributed by atoms with Gasteiger partial charge < -0.3 is 14.4 Å². The summed E-state index contributed by atoms with van der Waals surface area (Å²) in [4.78, 5) is 0. The maximum atomic E-state index is 3.49. The molecule has 2 aliphatic carbocycles. The third-order valence-electron chi connectivity index (χ3n) is 1.73. The van der Waals surface area contributed by atoms with Crippen LogP contribution in [0.5, 0.6) is 0 Å². The van der Waals surface area contributed by atoms with Crippen LogP contribution in [0.25, 0.3) is 0 Å². The molecule has 0 nitrogen and oxygen atoms in total. The maximum absolute atomic E-state index is 3.49. The molecule has 18 heavy (non-hydrogen) atoms. The van der Waals surface area contributed by atoms with Gasteiger partial charge >= 0.3 is 30.2 Å². The van der Waals surface area contributed by atoms with E-state index in [2.05, 4.69) is 64.1 Å². The summed E-state index contributed by atoms with van der Waals surface area (Å²) in [5, 5.41) is 0. The summed E-state index contributed by atoms with van der Waals surface area (Å²) in [6, 6.07) is 0. The van der Waals surface area contributed by atoms with Crippen molar-refractivity contribution in [2.75, 3.05) is 0 Å². The van der Waals surface area contributed by atoms with E-state index < -0.39 is 0 Å². The Morgan fingerprint density at radius 3 is 1.44 bits per heavy atom. The summed E-state index contributed by atoms with van der Waals surface area (Å²) in [5.74, 6) is 0. The predicted octanol–water partition coefficient (Wildman–Crippen LogP) is 4.69. The Hall–Kier alpha value is 0.0600. The molecule has 2 radical (unpaired) electrons. The quantitative estimate of drug-likeness (QED) is 0.445. The van der Waals surface area contributed by atoms with Gasteiger partial charge in [0.15, 0.2) is 0 Å². The first-order valence-electron chi connectivity index (χ1n) is 5.72. The van der Waals surface area contributed by atoms with Crippen molar-refractivity contribution in [3.8, 4) is 0 Å². The van der Waals surface area contributed by atoms with E-state index in [1.165, 1.54) is 34.5 Å². The van der Waals surface area contributed by atoms with Crippen LogP contribution in [-0.2, 0) is 23.3 Å². The molecule has 0 fully saturated rings. The molecule has 0 saturated carbocycles. The van der Waals surface area contributed by atoms with E-state index in [1.807, 2.05) is 6.92 Å². The molecule has 2 aliphatic rings. The van der Waals surface area contributed by atoms with Gasteiger partial charge in [0.05, 0.1) is 0 Å². The molecule has 0 unspecified atom stereocenters. The fraction of sp³-hybridized carbons (Fsp3) is 0.375. The predicted molar refractivity (Wildman–Crippen MR) is 80.2 cm³/mol. The zero-order valence-electron chi connectivity index (χ0n) is 12.1. The van der Waals surface area contributed by atoms with Gasteiger partial charge in [0.2, 0.25) is 0 Å². The second-order valence-corrected chi connectivity index (χ2v) is 3.43. The van der Waals surface area contributed by atoms with Crippen LogP contribution in [0.15, 0.2) is 35.5 Å². The molecule has 0 N–H and O–H groups in total. The molecular weight excluding hydrogens is 311 g/mol. The van der Waals surface area contributed by atoms with E-state index in [-0.39, 0.29) is 7.43 Å². The summed E-state index contributed by atoms with van der Waals surface area (Å²) in [5.41, 5.74) is 2.55. The Kier molecular flexibility index (Phi) is 25.0. The van der Waals surface area contributed by atoms with Gasteiger partial charge in [-0.2, -0.15) is 18.6 Å². The molecular formula is C16H24SiZr-4. The van der Waals surface area contributed by atoms with E-state index >= 15 is 0 Å². The molecule has 0 aromatic heterocycles. The fourth-order valence-electron chi connectivity index (χ4n) is 1.03. The van der Waals surface area contributed by atoms with E-state index in [9.17, 15) is 0 Å². The van der Waals surface area contributed by atoms with E-state index in [0.717, 1.165) is 19.3 Å². The van der Waals surface area contributed by atoms with Gasteiger partial charge in [-0.25, -0.2) is 23.3 Å². The summed E-state index contributed by atoms with van der Waals surface area (Å²) in [7, 11) is 0. The minimum absolute atomic E-state index is 0. The first kappa shape index (κ1) is 23.2. The van der Waals surface area contributed by atoms with Crippen molar-refractivity contribution in [1.29, 1.82) is 0 Å². The van der Waals surface area contributed by atoms with Crippen molar-refractivity contribution in [3.05, 3.63) is 62.0 Å². The second kappa shape index (κ2) is 19.4. The monoisotopic (exact) mass is 334 g/mol. The van der Waals surface area contributed by atoms with Crippen LogP contribution in [0, 0.1) is 26.5 Å². The average molecular weight is 336 g/mol. The van der Waals surface area contributed by atoms with Gasteiger partial charge in [-0.15, -0.1) is 12.8 Å². The number of allylic oxidation sites excluding steroid dienone is 8. The molecule has 0 aliphatic heterocycles. The fourth-order valence-corrected chi connectivity index (χ4v) is 1.03. The Labute approximate surface area is 132 Å². The Morgan fingerprint density at radius 1 is 1.11 bits per heavy atom. The molecule has 0 aromatic carbocycles. The van der Waals surface area contributed by atoms with E-state index in [0.29, 0.717) is 0 Å². The van der Waals surface area contributed by atoms with Crippen LogP contribution in [0.1, 0.15) is 40.0 Å². The average Bonchev–Trinajstić information content (AvgIpc) is 2.97. The van der Waals surface area contributed by atoms with Gasteiger partial charge in [-0.3, -0.25) is 12.2 Å². The topological polar surface area (TPSA) is 0 Å². The summed E-state index contributed by atoms with van der Waals surface area (Å²) >= 11 is 1.36. The standard InChI is InChI=1S/2C6H7.C3H7.CH3.Si.Zr/c2*1-6-4-2-3-5-6;1-3-2;;;/h2*2,4H,3H2,1H3;1,3H2,2H3;1H3;;/q4*-1;;. The minimum atomic E-state index is 0. The molecule has 0 atom stereocenters. The molecule has 0 spiro atoms. The third kappa shape index (κ3) is 18.4. The van der Waals surface area contributed by atoms with E-state index in [4.69, 9.17) is 0 Å². The summed E-state index contributed by atoms with van der Waals surface area (Å²) in [6.45, 7) is 12.7. The van der Waals surface area contributed by atoms with Crippen molar-refractivity contribution in [2.24, 2.45) is 0 Å². The third-order valence-corrected chi connectivity index (χ3v) is 1.73. The van der Waals surface area contributed by atoms with Crippen LogP contribution >= 0.6 is 0 Å². The molecule has 100 valence electrons. The van der Waals surface area contributed by atoms with Crippen molar-refractivity contribution >= 4 is 6.88 Å². The zero-order valence-corrected chi connectivity index (χ0v) is 15.6. The first-order chi connectivity index (χ1) is 8.20. The van der Waals surface area contributed by atoms with Crippen molar-refractivity contribution < 1.29 is 23.3 Å². The summed E-state index contributed by atoms with van der Waals surface area (Å²) < 4.78 is 0. The molecule has 2 rings (SSSR count). The Morgan fingerprint density at radius 2 is 1.39 bits per heavy atom. The molecule has 0 heterocycles. The molecule has 0 bridgehead atoms. The molecule has 0 saturated heterocycles. The van der Waals surface area contributed by atoms with Gasteiger partial charge in [-0.1, -0.05) is 20.8 Å². The zero-order chi connectivity index (χ0) is 13.5. The molecule has 0 aromatic rings. The molecule has 0 amide bonds. The van der Waals surface area contributed by atoms with Crippen LogP contribution in [0.3, 0.4) is 0 Å². The van der Waals surface area contributed by atoms with Crippen molar-refractivity contribution in [2.45, 2.75) is 40.0 Å². The van der Waals surface area contributed by atoms with Crippen molar-refractivity contribution in [1.82, 2.24) is 0 Å².